The smallest absolute Gasteiger partial charge is 0.0284 e. The lowest BCUT2D eigenvalue weighted by molar-refractivity contribution is 0.515. The molecule has 0 atom stereocenters. The third kappa shape index (κ3) is 4.80. The molecule has 0 aliphatic carbocycles. The van der Waals surface area contributed by atoms with E-state index in [4.69, 9.17) is 0 Å². The Bertz CT molecular complexity index is 305. The molecule has 17 heavy (non-hydrogen) atoms. The first-order valence-electron chi connectivity index (χ1n) is 6.65. The van der Waals surface area contributed by atoms with Crippen LogP contribution in [0.2, 0.25) is 0 Å². The molecule has 0 saturated carbocycles. The van der Waals surface area contributed by atoms with Crippen LogP contribution < -0.4 is 5.32 Å². The van der Waals surface area contributed by atoms with Crippen LogP contribution in [0, 0.1) is 5.41 Å². The number of hydrogen-bond donors (Lipinski definition) is 1. The second-order valence-electron chi connectivity index (χ2n) is 5.15. The Morgan fingerprint density at radius 2 is 1.88 bits per heavy atom. The quantitative estimate of drug-likeness (QED) is 0.623. The lowest BCUT2D eigenvalue weighted by atomic mass is 9.79. The SMILES string of the molecule is C=C(NC)C(C)(C)C(/C=C(\C)CC)=C/CCC. The summed E-state index contributed by atoms with van der Waals surface area (Å²) in [5.41, 5.74) is 3.85. The Morgan fingerprint density at radius 3 is 2.29 bits per heavy atom. The monoisotopic (exact) mass is 235 g/mol. The van der Waals surface area contributed by atoms with E-state index in [1.165, 1.54) is 17.6 Å². The number of unbranched alkanes of at least 4 members (excludes halogenated alkanes) is 1. The molecule has 98 valence electrons. The predicted octanol–water partition coefficient (Wildman–Crippen LogP) is 4.83. The summed E-state index contributed by atoms with van der Waals surface area (Å²) < 4.78 is 0. The maximum Gasteiger partial charge on any atom is 0.0284 e. The van der Waals surface area contributed by atoms with Gasteiger partial charge in [0.15, 0.2) is 0 Å². The Morgan fingerprint density at radius 1 is 1.29 bits per heavy atom. The molecule has 0 spiro atoms. The van der Waals surface area contributed by atoms with E-state index in [9.17, 15) is 0 Å². The fourth-order valence-electron chi connectivity index (χ4n) is 1.65. The van der Waals surface area contributed by atoms with Crippen molar-refractivity contribution in [3.05, 3.63) is 35.6 Å². The van der Waals surface area contributed by atoms with Crippen LogP contribution in [0.4, 0.5) is 0 Å². The molecule has 0 heterocycles. The highest BCUT2D eigenvalue weighted by Gasteiger charge is 2.24. The van der Waals surface area contributed by atoms with Crippen LogP contribution >= 0.6 is 0 Å². The highest BCUT2D eigenvalue weighted by Crippen LogP contribution is 2.34. The average molecular weight is 235 g/mol. The molecule has 0 rings (SSSR count). The van der Waals surface area contributed by atoms with Gasteiger partial charge in [0.05, 0.1) is 0 Å². The largest absolute Gasteiger partial charge is 0.391 e. The molecule has 0 aromatic rings. The van der Waals surface area contributed by atoms with Crippen molar-refractivity contribution in [3.8, 4) is 0 Å². The molecule has 0 saturated heterocycles. The molecule has 0 aliphatic heterocycles. The Hall–Kier alpha value is -0.980. The minimum absolute atomic E-state index is 0.0135. The van der Waals surface area contributed by atoms with E-state index in [2.05, 4.69) is 58.7 Å². The van der Waals surface area contributed by atoms with E-state index >= 15 is 0 Å². The van der Waals surface area contributed by atoms with Gasteiger partial charge in [-0.25, -0.2) is 0 Å². The third-order valence-corrected chi connectivity index (χ3v) is 3.39. The number of hydrogen-bond acceptors (Lipinski definition) is 1. The summed E-state index contributed by atoms with van der Waals surface area (Å²) in [5.74, 6) is 0. The first-order valence-corrected chi connectivity index (χ1v) is 6.65. The van der Waals surface area contributed by atoms with Gasteiger partial charge >= 0.3 is 0 Å². The van der Waals surface area contributed by atoms with Gasteiger partial charge < -0.3 is 5.32 Å². The third-order valence-electron chi connectivity index (χ3n) is 3.39. The van der Waals surface area contributed by atoms with Crippen LogP contribution in [-0.4, -0.2) is 7.05 Å². The average Bonchev–Trinajstić information content (AvgIpc) is 2.32. The summed E-state index contributed by atoms with van der Waals surface area (Å²) in [5, 5.41) is 3.19. The second-order valence-corrected chi connectivity index (χ2v) is 5.15. The van der Waals surface area contributed by atoms with Crippen molar-refractivity contribution in [3.63, 3.8) is 0 Å². The van der Waals surface area contributed by atoms with Crippen molar-refractivity contribution in [2.45, 2.75) is 53.9 Å². The Kier molecular flexibility index (Phi) is 6.94. The summed E-state index contributed by atoms with van der Waals surface area (Å²) in [6.45, 7) is 15.2. The Labute approximate surface area is 108 Å². The van der Waals surface area contributed by atoms with Crippen LogP contribution in [0.15, 0.2) is 35.6 Å². The topological polar surface area (TPSA) is 12.0 Å². The van der Waals surface area contributed by atoms with Gasteiger partial charge in [0, 0.05) is 18.2 Å². The second kappa shape index (κ2) is 7.37. The lowest BCUT2D eigenvalue weighted by Gasteiger charge is -2.29. The van der Waals surface area contributed by atoms with E-state index in [1.807, 2.05) is 7.05 Å². The van der Waals surface area contributed by atoms with Crippen LogP contribution in [-0.2, 0) is 0 Å². The van der Waals surface area contributed by atoms with Crippen molar-refractivity contribution in [1.29, 1.82) is 0 Å². The number of nitrogens with one attached hydrogen (secondary N) is 1. The minimum atomic E-state index is -0.0135. The summed E-state index contributed by atoms with van der Waals surface area (Å²) in [6, 6.07) is 0. The molecular weight excluding hydrogens is 206 g/mol. The first kappa shape index (κ1) is 16.0. The molecule has 1 heteroatoms. The van der Waals surface area contributed by atoms with Crippen LogP contribution in [0.5, 0.6) is 0 Å². The van der Waals surface area contributed by atoms with Gasteiger partial charge in [-0.15, -0.1) is 0 Å². The molecule has 1 nitrogen and oxygen atoms in total. The maximum atomic E-state index is 4.13. The molecule has 0 aliphatic rings. The summed E-state index contributed by atoms with van der Waals surface area (Å²) in [4.78, 5) is 0. The highest BCUT2D eigenvalue weighted by atomic mass is 14.8. The molecule has 0 radical (unpaired) electrons. The molecule has 0 aromatic carbocycles. The van der Waals surface area contributed by atoms with E-state index in [0.717, 1.165) is 18.5 Å². The molecular formula is C16H29N. The van der Waals surface area contributed by atoms with Crippen molar-refractivity contribution < 1.29 is 0 Å². The molecule has 0 fully saturated rings. The summed E-state index contributed by atoms with van der Waals surface area (Å²) in [7, 11) is 1.94. The van der Waals surface area contributed by atoms with Gasteiger partial charge in [-0.1, -0.05) is 58.4 Å². The minimum Gasteiger partial charge on any atom is -0.391 e. The van der Waals surface area contributed by atoms with E-state index in [0.29, 0.717) is 0 Å². The lowest BCUT2D eigenvalue weighted by Crippen LogP contribution is -2.25. The van der Waals surface area contributed by atoms with Crippen LogP contribution in [0.25, 0.3) is 0 Å². The normalized spacial score (nSPS) is 13.8. The Balaban J connectivity index is 5.25. The fraction of sp³-hybridized carbons (Fsp3) is 0.625. The van der Waals surface area contributed by atoms with Crippen molar-refractivity contribution in [2.75, 3.05) is 7.05 Å². The molecule has 0 aromatic heterocycles. The number of allylic oxidation sites excluding steroid dienone is 4. The fourth-order valence-corrected chi connectivity index (χ4v) is 1.65. The van der Waals surface area contributed by atoms with Gasteiger partial charge in [-0.05, 0) is 25.3 Å². The zero-order valence-corrected chi connectivity index (χ0v) is 12.5. The van der Waals surface area contributed by atoms with E-state index in [-0.39, 0.29) is 5.41 Å². The van der Waals surface area contributed by atoms with Crippen LogP contribution in [0.1, 0.15) is 53.9 Å². The van der Waals surface area contributed by atoms with Crippen molar-refractivity contribution >= 4 is 0 Å². The van der Waals surface area contributed by atoms with Gasteiger partial charge in [-0.2, -0.15) is 0 Å². The zero-order valence-electron chi connectivity index (χ0n) is 12.5. The molecule has 0 amide bonds. The maximum absolute atomic E-state index is 4.13. The summed E-state index contributed by atoms with van der Waals surface area (Å²) in [6.07, 6.45) is 8.08. The standard InChI is InChI=1S/C16H29N/c1-8-10-11-15(12-13(3)9-2)16(5,6)14(4)17-7/h11-12,17H,4,8-10H2,1-3,5-7H3/b13-12+,15-11+. The zero-order chi connectivity index (χ0) is 13.5. The summed E-state index contributed by atoms with van der Waals surface area (Å²) >= 11 is 0. The molecule has 0 unspecified atom stereocenters. The van der Waals surface area contributed by atoms with Crippen molar-refractivity contribution in [2.24, 2.45) is 5.41 Å². The molecule has 1 N–H and O–H groups in total. The first-order chi connectivity index (χ1) is 7.89. The number of rotatable bonds is 7. The van der Waals surface area contributed by atoms with Gasteiger partial charge in [0.1, 0.15) is 0 Å². The van der Waals surface area contributed by atoms with Crippen molar-refractivity contribution in [1.82, 2.24) is 5.32 Å². The van der Waals surface area contributed by atoms with Gasteiger partial charge in [0.25, 0.3) is 0 Å². The molecule has 0 bridgehead atoms. The highest BCUT2D eigenvalue weighted by molar-refractivity contribution is 5.35. The van der Waals surface area contributed by atoms with Gasteiger partial charge in [0.2, 0.25) is 0 Å². The van der Waals surface area contributed by atoms with Gasteiger partial charge in [-0.3, -0.25) is 0 Å². The predicted molar refractivity (Wildman–Crippen MR) is 79.0 cm³/mol. The van der Waals surface area contributed by atoms with E-state index in [1.54, 1.807) is 0 Å². The van der Waals surface area contributed by atoms with E-state index < -0.39 is 0 Å². The van der Waals surface area contributed by atoms with Crippen LogP contribution in [0.3, 0.4) is 0 Å².